The van der Waals surface area contributed by atoms with E-state index in [1.54, 1.807) is 0 Å². The average Bonchev–Trinajstić information content (AvgIpc) is 2.33. The maximum absolute atomic E-state index is 5.78. The smallest absolute Gasteiger partial charge is 0.0449 e. The summed E-state index contributed by atoms with van der Waals surface area (Å²) in [6.45, 7) is 0. The molecule has 0 atom stereocenters. The van der Waals surface area contributed by atoms with Crippen molar-refractivity contribution in [2.45, 2.75) is 42.5 Å². The third-order valence-corrected chi connectivity index (χ3v) is 4.05. The molecule has 2 nitrogen and oxygen atoms in total. The minimum Gasteiger partial charge on any atom is -0.398 e. The van der Waals surface area contributed by atoms with Gasteiger partial charge in [0.05, 0.1) is 0 Å². The van der Waals surface area contributed by atoms with E-state index in [0.29, 0.717) is 12.0 Å². The Balaban J connectivity index is 2.05. The van der Waals surface area contributed by atoms with E-state index in [0.717, 1.165) is 10.6 Å². The molecule has 0 saturated heterocycles. The van der Waals surface area contributed by atoms with Gasteiger partial charge in [0, 0.05) is 16.6 Å². The number of rotatable bonds is 2. The van der Waals surface area contributed by atoms with Gasteiger partial charge in [0.2, 0.25) is 0 Å². The highest BCUT2D eigenvalue weighted by Gasteiger charge is 2.21. The van der Waals surface area contributed by atoms with Gasteiger partial charge in [-0.2, -0.15) is 0 Å². The minimum atomic E-state index is 0.691. The summed E-state index contributed by atoms with van der Waals surface area (Å²) in [4.78, 5) is 0.910. The molecular weight excluding hydrogens is 216 g/mol. The van der Waals surface area contributed by atoms with Crippen LogP contribution in [0.5, 0.6) is 0 Å². The van der Waals surface area contributed by atoms with Gasteiger partial charge in [-0.25, -0.2) is 0 Å². The summed E-state index contributed by atoms with van der Waals surface area (Å²) in [5.74, 6) is 0.691. The Bertz CT molecular complexity index is 357. The summed E-state index contributed by atoms with van der Waals surface area (Å²) in [6, 6.07) is 6.96. The lowest BCUT2D eigenvalue weighted by molar-refractivity contribution is 0.358. The van der Waals surface area contributed by atoms with Gasteiger partial charge >= 0.3 is 0 Å². The predicted molar refractivity (Wildman–Crippen MR) is 72.2 cm³/mol. The number of nitrogens with one attached hydrogen (secondary N) is 1. The second kappa shape index (κ2) is 5.11. The zero-order chi connectivity index (χ0) is 11.5. The van der Waals surface area contributed by atoms with Crippen molar-refractivity contribution in [3.05, 3.63) is 23.8 Å². The number of benzene rings is 1. The maximum Gasteiger partial charge on any atom is 0.0449 e. The minimum absolute atomic E-state index is 0.691. The average molecular weight is 236 g/mol. The number of nitrogen functional groups attached to an aromatic ring is 1. The van der Waals surface area contributed by atoms with Crippen molar-refractivity contribution in [3.63, 3.8) is 0 Å². The van der Waals surface area contributed by atoms with E-state index in [4.69, 9.17) is 5.73 Å². The van der Waals surface area contributed by atoms with Crippen LogP contribution in [0.25, 0.3) is 0 Å². The van der Waals surface area contributed by atoms with Crippen molar-refractivity contribution in [3.8, 4) is 0 Å². The zero-order valence-corrected chi connectivity index (χ0v) is 10.6. The van der Waals surface area contributed by atoms with E-state index in [9.17, 15) is 0 Å². The first-order valence-corrected chi connectivity index (χ1v) is 6.41. The first-order valence-electron chi connectivity index (χ1n) is 5.96. The molecule has 2 rings (SSSR count). The van der Waals surface area contributed by atoms with Crippen LogP contribution in [0, 0.1) is 0 Å². The molecule has 0 heterocycles. The largest absolute Gasteiger partial charge is 0.398 e. The molecule has 16 heavy (non-hydrogen) atoms. The molecule has 0 radical (unpaired) electrons. The highest BCUT2D eigenvalue weighted by molar-refractivity contribution is 7.80. The van der Waals surface area contributed by atoms with Crippen LogP contribution in [-0.4, -0.2) is 13.1 Å². The number of anilines is 1. The summed E-state index contributed by atoms with van der Waals surface area (Å²) in [5, 5.41) is 3.36. The summed E-state index contributed by atoms with van der Waals surface area (Å²) in [7, 11) is 2.06. The van der Waals surface area contributed by atoms with E-state index >= 15 is 0 Å². The van der Waals surface area contributed by atoms with E-state index in [2.05, 4.69) is 37.1 Å². The number of hydrogen-bond donors (Lipinski definition) is 3. The van der Waals surface area contributed by atoms with Crippen LogP contribution in [0.1, 0.15) is 37.2 Å². The maximum atomic E-state index is 5.78. The molecule has 3 heteroatoms. The van der Waals surface area contributed by atoms with Gasteiger partial charge in [0.25, 0.3) is 0 Å². The van der Waals surface area contributed by atoms with Crippen molar-refractivity contribution >= 4 is 18.3 Å². The zero-order valence-electron chi connectivity index (χ0n) is 9.74. The van der Waals surface area contributed by atoms with Gasteiger partial charge in [-0.3, -0.25) is 0 Å². The second-order valence-electron chi connectivity index (χ2n) is 4.66. The summed E-state index contributed by atoms with van der Waals surface area (Å²) >= 11 is 4.39. The Morgan fingerprint density at radius 1 is 1.25 bits per heavy atom. The van der Waals surface area contributed by atoms with E-state index in [-0.39, 0.29) is 0 Å². The Kier molecular flexibility index (Phi) is 3.77. The standard InChI is InChI=1S/C13H20N2S/c1-15-11-5-2-9(3-6-11)10-4-7-12(14)13(16)8-10/h4,7-9,11,15-16H,2-3,5-6,14H2,1H3. The monoisotopic (exact) mass is 236 g/mol. The lowest BCUT2D eigenvalue weighted by Crippen LogP contribution is -2.29. The molecule has 1 aliphatic carbocycles. The van der Waals surface area contributed by atoms with Crippen molar-refractivity contribution in [1.29, 1.82) is 0 Å². The highest BCUT2D eigenvalue weighted by Crippen LogP contribution is 2.34. The van der Waals surface area contributed by atoms with Crippen molar-refractivity contribution in [2.24, 2.45) is 0 Å². The van der Waals surface area contributed by atoms with Crippen LogP contribution in [0.2, 0.25) is 0 Å². The lowest BCUT2D eigenvalue weighted by atomic mass is 9.82. The van der Waals surface area contributed by atoms with Gasteiger partial charge < -0.3 is 11.1 Å². The van der Waals surface area contributed by atoms with Gasteiger partial charge in [-0.15, -0.1) is 12.6 Å². The topological polar surface area (TPSA) is 38.0 Å². The Labute approximate surface area is 103 Å². The van der Waals surface area contributed by atoms with E-state index in [1.807, 2.05) is 6.07 Å². The molecule has 0 aromatic heterocycles. The number of nitrogens with two attached hydrogens (primary N) is 1. The second-order valence-corrected chi connectivity index (χ2v) is 5.14. The van der Waals surface area contributed by atoms with Gasteiger partial charge in [0.1, 0.15) is 0 Å². The molecule has 0 aliphatic heterocycles. The number of hydrogen-bond acceptors (Lipinski definition) is 3. The van der Waals surface area contributed by atoms with Crippen LogP contribution in [0.4, 0.5) is 5.69 Å². The van der Waals surface area contributed by atoms with E-state index in [1.165, 1.54) is 31.2 Å². The summed E-state index contributed by atoms with van der Waals surface area (Å²) in [5.41, 5.74) is 7.95. The first kappa shape index (κ1) is 11.8. The quantitative estimate of drug-likeness (QED) is 0.546. The van der Waals surface area contributed by atoms with Crippen LogP contribution < -0.4 is 11.1 Å². The van der Waals surface area contributed by atoms with Crippen molar-refractivity contribution in [2.75, 3.05) is 12.8 Å². The molecule has 1 aromatic rings. The summed E-state index contributed by atoms with van der Waals surface area (Å²) in [6.07, 6.45) is 5.08. The Morgan fingerprint density at radius 3 is 2.50 bits per heavy atom. The van der Waals surface area contributed by atoms with Crippen molar-refractivity contribution < 1.29 is 0 Å². The molecule has 1 saturated carbocycles. The number of thiol groups is 1. The Morgan fingerprint density at radius 2 is 1.94 bits per heavy atom. The SMILES string of the molecule is CNC1CCC(c2ccc(N)c(S)c2)CC1. The molecule has 3 N–H and O–H groups in total. The van der Waals surface area contributed by atoms with Crippen LogP contribution in [-0.2, 0) is 0 Å². The fourth-order valence-electron chi connectivity index (χ4n) is 2.53. The molecule has 0 unspecified atom stereocenters. The van der Waals surface area contributed by atoms with E-state index < -0.39 is 0 Å². The van der Waals surface area contributed by atoms with Crippen LogP contribution in [0.3, 0.4) is 0 Å². The van der Waals surface area contributed by atoms with Gasteiger partial charge in [-0.1, -0.05) is 6.07 Å². The fourth-order valence-corrected chi connectivity index (χ4v) is 2.75. The molecule has 88 valence electrons. The molecular formula is C13H20N2S. The molecule has 1 fully saturated rings. The third kappa shape index (κ3) is 2.53. The normalized spacial score (nSPS) is 25.6. The Hall–Kier alpha value is -0.670. The molecule has 0 amide bonds. The predicted octanol–water partition coefficient (Wildman–Crippen LogP) is 2.80. The molecule has 1 aliphatic rings. The first-order chi connectivity index (χ1) is 7.70. The van der Waals surface area contributed by atoms with Crippen LogP contribution in [0.15, 0.2) is 23.1 Å². The molecule has 0 bridgehead atoms. The van der Waals surface area contributed by atoms with Crippen molar-refractivity contribution in [1.82, 2.24) is 5.32 Å². The lowest BCUT2D eigenvalue weighted by Gasteiger charge is -2.28. The summed E-state index contributed by atoms with van der Waals surface area (Å²) < 4.78 is 0. The molecule has 1 aromatic carbocycles. The van der Waals surface area contributed by atoms with Crippen LogP contribution >= 0.6 is 12.6 Å². The van der Waals surface area contributed by atoms with Gasteiger partial charge in [0.15, 0.2) is 0 Å². The molecule has 0 spiro atoms. The third-order valence-electron chi connectivity index (χ3n) is 3.66. The van der Waals surface area contributed by atoms with Gasteiger partial charge in [-0.05, 0) is 56.3 Å². The highest BCUT2D eigenvalue weighted by atomic mass is 32.1. The fraction of sp³-hybridized carbons (Fsp3) is 0.538.